The van der Waals surface area contributed by atoms with Gasteiger partial charge < -0.3 is 9.64 Å². The Balaban J connectivity index is 2.16. The Kier molecular flexibility index (Phi) is 3.88. The van der Waals surface area contributed by atoms with Crippen molar-refractivity contribution in [3.8, 4) is 0 Å². The van der Waals surface area contributed by atoms with Crippen molar-refractivity contribution in [1.29, 1.82) is 0 Å². The van der Waals surface area contributed by atoms with E-state index in [2.05, 4.69) is 10.8 Å². The van der Waals surface area contributed by atoms with Gasteiger partial charge in [0.2, 0.25) is 5.91 Å². The molecule has 1 amide bonds. The summed E-state index contributed by atoms with van der Waals surface area (Å²) in [6.45, 7) is 1.69. The number of benzene rings is 1. The Morgan fingerprint density at radius 2 is 2.05 bits per heavy atom. The zero-order chi connectivity index (χ0) is 14.0. The summed E-state index contributed by atoms with van der Waals surface area (Å²) in [5.41, 5.74) is 2.33. The maximum Gasteiger partial charge on any atom is 0.328 e. The number of methoxy groups -OCH3 is 1. The van der Waals surface area contributed by atoms with Crippen LogP contribution in [0, 0.1) is 0 Å². The number of ether oxygens (including phenoxy) is 1. The quantitative estimate of drug-likeness (QED) is 0.779. The summed E-state index contributed by atoms with van der Waals surface area (Å²) < 4.78 is 4.68. The van der Waals surface area contributed by atoms with Gasteiger partial charge in [-0.3, -0.25) is 4.79 Å². The van der Waals surface area contributed by atoms with Crippen LogP contribution in [0.15, 0.2) is 24.3 Å². The van der Waals surface area contributed by atoms with E-state index in [9.17, 15) is 9.59 Å². The number of nitrogens with zero attached hydrogens (tertiary/aromatic N) is 1. The van der Waals surface area contributed by atoms with Crippen LogP contribution >= 0.6 is 0 Å². The molecule has 0 unspecified atom stereocenters. The van der Waals surface area contributed by atoms with Crippen LogP contribution in [0.5, 0.6) is 0 Å². The molecule has 0 spiro atoms. The molecule has 1 aliphatic rings. The van der Waals surface area contributed by atoms with Gasteiger partial charge in [-0.05, 0) is 30.9 Å². The van der Waals surface area contributed by atoms with Gasteiger partial charge in [-0.2, -0.15) is 0 Å². The summed E-state index contributed by atoms with van der Waals surface area (Å²) in [4.78, 5) is 25.5. The summed E-state index contributed by atoms with van der Waals surface area (Å²) >= 11 is 0. The maximum absolute atomic E-state index is 12.5. The largest absolute Gasteiger partial charge is 0.467 e. The van der Waals surface area contributed by atoms with E-state index in [4.69, 9.17) is 0 Å². The molecule has 0 aliphatic heterocycles. The van der Waals surface area contributed by atoms with Crippen molar-refractivity contribution in [3.05, 3.63) is 35.4 Å². The van der Waals surface area contributed by atoms with Crippen molar-refractivity contribution in [2.24, 2.45) is 0 Å². The molecule has 4 nitrogen and oxygen atoms in total. The molecule has 0 heterocycles. The number of likely N-dealkylation sites (N-methyl/N-ethyl adjacent to an activating group) is 1. The molecule has 0 bridgehead atoms. The molecule has 0 radical (unpaired) electrons. The predicted molar refractivity (Wildman–Crippen MR) is 71.8 cm³/mol. The number of carbonyl (C=O) groups is 2. The molecule has 2 atom stereocenters. The van der Waals surface area contributed by atoms with Gasteiger partial charge in [-0.25, -0.2) is 4.79 Å². The Morgan fingerprint density at radius 3 is 2.74 bits per heavy atom. The van der Waals surface area contributed by atoms with Crippen LogP contribution < -0.4 is 0 Å². The fourth-order valence-electron chi connectivity index (χ4n) is 2.58. The van der Waals surface area contributed by atoms with Gasteiger partial charge in [0.1, 0.15) is 6.04 Å². The summed E-state index contributed by atoms with van der Waals surface area (Å²) in [5.74, 6) is -0.529. The number of rotatable bonds is 3. The minimum Gasteiger partial charge on any atom is -0.467 e. The molecule has 0 N–H and O–H groups in total. The van der Waals surface area contributed by atoms with Crippen molar-refractivity contribution in [2.45, 2.75) is 31.7 Å². The van der Waals surface area contributed by atoms with E-state index in [-0.39, 0.29) is 17.8 Å². The number of hydrogen-bond donors (Lipinski definition) is 0. The second kappa shape index (κ2) is 5.43. The Hall–Kier alpha value is -1.84. The van der Waals surface area contributed by atoms with Gasteiger partial charge in [0.05, 0.1) is 13.0 Å². The van der Waals surface area contributed by atoms with Crippen molar-refractivity contribution in [1.82, 2.24) is 4.90 Å². The lowest BCUT2D eigenvalue weighted by atomic mass is 9.99. The van der Waals surface area contributed by atoms with Crippen LogP contribution in [0.4, 0.5) is 0 Å². The first-order chi connectivity index (χ1) is 9.06. The number of aryl methyl sites for hydroxylation is 1. The van der Waals surface area contributed by atoms with E-state index < -0.39 is 6.04 Å². The van der Waals surface area contributed by atoms with Crippen LogP contribution in [0.2, 0.25) is 0 Å². The molecule has 1 aromatic carbocycles. The van der Waals surface area contributed by atoms with Crippen molar-refractivity contribution < 1.29 is 14.3 Å². The molecule has 0 fully saturated rings. The van der Waals surface area contributed by atoms with Gasteiger partial charge in [-0.1, -0.05) is 24.3 Å². The average Bonchev–Trinajstić information content (AvgIpc) is 2.87. The summed E-state index contributed by atoms with van der Waals surface area (Å²) in [6.07, 6.45) is 1.74. The Labute approximate surface area is 113 Å². The SMILES string of the molecule is COC(=O)[C@@H](C)N(C)C(=O)[C@@H]1CCc2ccccc21. The number of hydrogen-bond acceptors (Lipinski definition) is 3. The molecule has 2 rings (SSSR count). The maximum atomic E-state index is 12.5. The van der Waals surface area contributed by atoms with E-state index in [1.54, 1.807) is 14.0 Å². The van der Waals surface area contributed by atoms with E-state index in [1.807, 2.05) is 18.2 Å². The zero-order valence-electron chi connectivity index (χ0n) is 11.6. The molecular formula is C15H19NO3. The predicted octanol–water partition coefficient (Wildman–Crippen LogP) is 1.74. The Bertz CT molecular complexity index is 498. The summed E-state index contributed by atoms with van der Waals surface area (Å²) in [5, 5.41) is 0. The number of carbonyl (C=O) groups excluding carboxylic acids is 2. The number of esters is 1. The third-order valence-electron chi connectivity index (χ3n) is 3.90. The standard InChI is InChI=1S/C15H19NO3/c1-10(15(18)19-3)16(2)14(17)13-9-8-11-6-4-5-7-12(11)13/h4-7,10,13H,8-9H2,1-3H3/t10-,13-/m1/s1. The van der Waals surface area contributed by atoms with Crippen LogP contribution in [-0.2, 0) is 20.7 Å². The highest BCUT2D eigenvalue weighted by Crippen LogP contribution is 2.34. The van der Waals surface area contributed by atoms with Crippen molar-refractivity contribution in [3.63, 3.8) is 0 Å². The molecule has 0 aromatic heterocycles. The number of fused-ring (bicyclic) bond motifs is 1. The fraction of sp³-hybridized carbons (Fsp3) is 0.467. The fourth-order valence-corrected chi connectivity index (χ4v) is 2.58. The lowest BCUT2D eigenvalue weighted by molar-refractivity contribution is -0.151. The highest BCUT2D eigenvalue weighted by molar-refractivity contribution is 5.89. The molecule has 1 aromatic rings. The second-order valence-electron chi connectivity index (χ2n) is 4.94. The van der Waals surface area contributed by atoms with Gasteiger partial charge in [0, 0.05) is 7.05 Å². The molecule has 19 heavy (non-hydrogen) atoms. The van der Waals surface area contributed by atoms with Crippen LogP contribution in [0.25, 0.3) is 0 Å². The highest BCUT2D eigenvalue weighted by Gasteiger charge is 2.33. The first kappa shape index (κ1) is 13.6. The van der Waals surface area contributed by atoms with Gasteiger partial charge >= 0.3 is 5.97 Å². The molecular weight excluding hydrogens is 242 g/mol. The minimum atomic E-state index is -0.551. The monoisotopic (exact) mass is 261 g/mol. The second-order valence-corrected chi connectivity index (χ2v) is 4.94. The smallest absolute Gasteiger partial charge is 0.328 e. The minimum absolute atomic E-state index is 0.0112. The highest BCUT2D eigenvalue weighted by atomic mass is 16.5. The normalized spacial score (nSPS) is 18.6. The Morgan fingerprint density at radius 1 is 1.37 bits per heavy atom. The summed E-state index contributed by atoms with van der Waals surface area (Å²) in [7, 11) is 2.99. The summed E-state index contributed by atoms with van der Waals surface area (Å²) in [6, 6.07) is 7.46. The zero-order valence-corrected chi connectivity index (χ0v) is 11.6. The van der Waals surface area contributed by atoms with Gasteiger partial charge in [0.15, 0.2) is 0 Å². The molecule has 1 aliphatic carbocycles. The van der Waals surface area contributed by atoms with Crippen LogP contribution in [0.1, 0.15) is 30.4 Å². The van der Waals surface area contributed by atoms with E-state index in [0.717, 1.165) is 18.4 Å². The van der Waals surface area contributed by atoms with E-state index in [1.165, 1.54) is 17.6 Å². The first-order valence-corrected chi connectivity index (χ1v) is 6.48. The van der Waals surface area contributed by atoms with Gasteiger partial charge in [-0.15, -0.1) is 0 Å². The first-order valence-electron chi connectivity index (χ1n) is 6.48. The van der Waals surface area contributed by atoms with Crippen molar-refractivity contribution in [2.75, 3.05) is 14.2 Å². The molecule has 102 valence electrons. The average molecular weight is 261 g/mol. The number of amides is 1. The third kappa shape index (κ3) is 2.48. The van der Waals surface area contributed by atoms with E-state index in [0.29, 0.717) is 0 Å². The lowest BCUT2D eigenvalue weighted by Crippen LogP contribution is -2.42. The molecule has 0 saturated carbocycles. The van der Waals surface area contributed by atoms with Crippen molar-refractivity contribution >= 4 is 11.9 Å². The molecule has 0 saturated heterocycles. The topological polar surface area (TPSA) is 46.6 Å². The molecule has 4 heteroatoms. The van der Waals surface area contributed by atoms with Crippen LogP contribution in [-0.4, -0.2) is 37.0 Å². The van der Waals surface area contributed by atoms with Gasteiger partial charge in [0.25, 0.3) is 0 Å². The van der Waals surface area contributed by atoms with E-state index >= 15 is 0 Å². The van der Waals surface area contributed by atoms with Crippen LogP contribution in [0.3, 0.4) is 0 Å². The lowest BCUT2D eigenvalue weighted by Gasteiger charge is -2.26. The third-order valence-corrected chi connectivity index (χ3v) is 3.90.